The smallest absolute Gasteiger partial charge is 0.548 e. The molecule has 4 rings (SSSR count). The van der Waals surface area contributed by atoms with Crippen LogP contribution in [0.3, 0.4) is 0 Å². The molecular weight excluding hydrogens is 777 g/mol. The van der Waals surface area contributed by atoms with Gasteiger partial charge < -0.3 is 61.6 Å². The van der Waals surface area contributed by atoms with Gasteiger partial charge in [0.05, 0.1) is 46.8 Å². The molecule has 3 amide bonds. The van der Waals surface area contributed by atoms with E-state index in [9.17, 15) is 54.3 Å². The van der Waals surface area contributed by atoms with Crippen molar-refractivity contribution in [3.8, 4) is 11.5 Å². The number of rotatable bonds is 13. The fourth-order valence-corrected chi connectivity index (χ4v) is 8.63. The standard InChI is InChI=1S/C32H40N6O11S2.3Na/c1-31(2)21(29(46)47)37-26(50-31)19(35-23(41)17(33)13-5-9-15(39)10-6-13)25(43)34-18(14-7-11-16(40)12-8-14)24(42)36-20(28(44)45)27-38-22(30(48)49)32(3,4)51-27;;;/h5-12,17-22,26-27,37-40H,33H2,1-4H3,(H,34,43)(H,35,41)(H,36,42)(H,44,45)(H,46,47)(H,48,49);;;/q;3*+1/p-3/t17?,18-,19?,20+,21+,22+,26-,27-;;;/m1.../s1. The second-order valence-electron chi connectivity index (χ2n) is 13.0. The summed E-state index contributed by atoms with van der Waals surface area (Å²) in [5, 5.41) is 65.8. The molecule has 0 bridgehead atoms. The second-order valence-corrected chi connectivity index (χ2v) is 16.6. The van der Waals surface area contributed by atoms with Gasteiger partial charge in [-0.2, -0.15) is 0 Å². The fraction of sp³-hybridized carbons (Fsp3) is 0.438. The topological polar surface area (TPSA) is 298 Å². The molecule has 0 saturated carbocycles. The van der Waals surface area contributed by atoms with E-state index in [0.29, 0.717) is 0 Å². The van der Waals surface area contributed by atoms with Gasteiger partial charge in [-0.3, -0.25) is 25.0 Å². The maximum atomic E-state index is 14.1. The molecule has 2 unspecified atom stereocenters. The summed E-state index contributed by atoms with van der Waals surface area (Å²) in [5.41, 5.74) is 6.48. The molecule has 2 saturated heterocycles. The number of thioether (sulfide) groups is 2. The molecule has 0 aromatic heterocycles. The first-order chi connectivity index (χ1) is 23.7. The number of aliphatic carboxylic acids is 3. The van der Waals surface area contributed by atoms with E-state index in [2.05, 4.69) is 26.6 Å². The molecule has 2 fully saturated rings. The van der Waals surface area contributed by atoms with Crippen LogP contribution in [-0.2, 0) is 28.8 Å². The molecule has 22 heteroatoms. The number of amides is 3. The summed E-state index contributed by atoms with van der Waals surface area (Å²) in [6.07, 6.45) is 0. The van der Waals surface area contributed by atoms with Crippen molar-refractivity contribution >= 4 is 59.2 Å². The number of phenols is 2. The van der Waals surface area contributed by atoms with Gasteiger partial charge in [-0.25, -0.2) is 0 Å². The Kier molecular flexibility index (Phi) is 19.4. The SMILES string of the molecule is CC1(C)S[C@H](C(NC(=O)C(N)c2ccc(O)cc2)C(=O)N[C@@H](C(=O)N[C@H](C(=O)[O-])[C@@H]2N[C@@H](C(=O)[O-])C(C)(C)S2)c2ccc(O)cc2)N[C@H]1C(=O)[O-].[Na+].[Na+].[Na+]. The summed E-state index contributed by atoms with van der Waals surface area (Å²) in [6.45, 7) is 6.25. The number of aromatic hydroxyl groups is 2. The number of carboxylic acid groups (broad SMARTS) is 3. The van der Waals surface area contributed by atoms with Gasteiger partial charge in [0.1, 0.15) is 29.6 Å². The van der Waals surface area contributed by atoms with Crippen molar-refractivity contribution in [2.24, 2.45) is 5.73 Å². The molecule has 2 heterocycles. The summed E-state index contributed by atoms with van der Waals surface area (Å²) >= 11 is 1.91. The third-order valence-electron chi connectivity index (χ3n) is 8.43. The van der Waals surface area contributed by atoms with Crippen molar-refractivity contribution in [3.05, 3.63) is 59.7 Å². The fourth-order valence-electron chi connectivity index (χ4n) is 5.67. The second kappa shape index (κ2) is 20.7. The van der Waals surface area contributed by atoms with Crippen LogP contribution in [0.4, 0.5) is 0 Å². The van der Waals surface area contributed by atoms with Crippen LogP contribution in [0.15, 0.2) is 48.5 Å². The summed E-state index contributed by atoms with van der Waals surface area (Å²) < 4.78 is -2.10. The molecule has 2 aliphatic rings. The van der Waals surface area contributed by atoms with Gasteiger partial charge >= 0.3 is 88.7 Å². The Labute approximate surface area is 385 Å². The first-order valence-corrected chi connectivity index (χ1v) is 17.2. The maximum absolute atomic E-state index is 14.1. The van der Waals surface area contributed by atoms with Crippen molar-refractivity contribution < 1.29 is 143 Å². The monoisotopic (exact) mass is 814 g/mol. The van der Waals surface area contributed by atoms with Gasteiger partial charge in [0.25, 0.3) is 0 Å². The van der Waals surface area contributed by atoms with Crippen LogP contribution < -0.4 is 136 Å². The molecule has 17 nitrogen and oxygen atoms in total. The summed E-state index contributed by atoms with van der Waals surface area (Å²) in [7, 11) is 0. The normalized spacial score (nSPS) is 23.0. The Morgan fingerprint density at radius 3 is 1.43 bits per heavy atom. The van der Waals surface area contributed by atoms with Gasteiger partial charge in [0.15, 0.2) is 0 Å². The van der Waals surface area contributed by atoms with Crippen LogP contribution in [0.25, 0.3) is 0 Å². The summed E-state index contributed by atoms with van der Waals surface area (Å²) in [6, 6.07) is 1.30. The number of hydrogen-bond donors (Lipinski definition) is 8. The Morgan fingerprint density at radius 2 is 1.04 bits per heavy atom. The van der Waals surface area contributed by atoms with Gasteiger partial charge in [-0.05, 0) is 63.1 Å². The average molecular weight is 815 g/mol. The van der Waals surface area contributed by atoms with Gasteiger partial charge in [-0.15, -0.1) is 23.5 Å². The summed E-state index contributed by atoms with van der Waals surface area (Å²) in [5.74, 6) is -8.02. The Bertz CT molecular complexity index is 1690. The number of benzene rings is 2. The predicted octanol–water partition coefficient (Wildman–Crippen LogP) is -13.2. The molecule has 2 aliphatic heterocycles. The molecule has 0 spiro atoms. The largest absolute Gasteiger partial charge is 1.00 e. The zero-order chi connectivity index (χ0) is 38.0. The summed E-state index contributed by atoms with van der Waals surface area (Å²) in [4.78, 5) is 77.4. The van der Waals surface area contributed by atoms with E-state index in [0.717, 1.165) is 23.5 Å². The maximum Gasteiger partial charge on any atom is 1.00 e. The van der Waals surface area contributed by atoms with Crippen LogP contribution in [0.1, 0.15) is 50.9 Å². The third-order valence-corrected chi connectivity index (χ3v) is 11.4. The molecule has 2 aromatic rings. The number of nitrogens with two attached hydrogens (primary N) is 1. The molecule has 276 valence electrons. The van der Waals surface area contributed by atoms with Crippen LogP contribution in [0.2, 0.25) is 0 Å². The number of carbonyl (C=O) groups is 6. The van der Waals surface area contributed by atoms with Crippen LogP contribution >= 0.6 is 23.5 Å². The van der Waals surface area contributed by atoms with Crippen LogP contribution in [0.5, 0.6) is 11.5 Å². The Morgan fingerprint density at radius 1 is 0.648 bits per heavy atom. The van der Waals surface area contributed by atoms with E-state index in [1.54, 1.807) is 27.7 Å². The number of phenolic OH excluding ortho intramolecular Hbond substituents is 2. The molecule has 0 aliphatic carbocycles. The van der Waals surface area contributed by atoms with Crippen molar-refractivity contribution in [1.82, 2.24) is 26.6 Å². The number of carboxylic acids is 3. The van der Waals surface area contributed by atoms with Crippen molar-refractivity contribution in [2.45, 2.75) is 84.2 Å². The van der Waals surface area contributed by atoms with E-state index >= 15 is 0 Å². The predicted molar refractivity (Wildman–Crippen MR) is 178 cm³/mol. The Hall–Kier alpha value is -1.56. The first-order valence-electron chi connectivity index (χ1n) is 15.5. The van der Waals surface area contributed by atoms with E-state index < -0.39 is 92.1 Å². The number of nitrogens with one attached hydrogen (secondary N) is 5. The van der Waals surface area contributed by atoms with Gasteiger partial charge in [0, 0.05) is 9.49 Å². The first kappa shape index (κ1) is 50.5. The van der Waals surface area contributed by atoms with Gasteiger partial charge in [0.2, 0.25) is 17.7 Å². The van der Waals surface area contributed by atoms with Crippen molar-refractivity contribution in [1.29, 1.82) is 0 Å². The third kappa shape index (κ3) is 12.2. The Balaban J connectivity index is 0.00000486. The zero-order valence-corrected chi connectivity index (χ0v) is 38.3. The van der Waals surface area contributed by atoms with E-state index in [1.807, 2.05) is 0 Å². The minimum absolute atomic E-state index is 0. The van der Waals surface area contributed by atoms with Crippen LogP contribution in [0, 0.1) is 0 Å². The number of hydrogen-bond acceptors (Lipinski definition) is 16. The van der Waals surface area contributed by atoms with Gasteiger partial charge in [-0.1, -0.05) is 24.3 Å². The zero-order valence-electron chi connectivity index (χ0n) is 30.7. The average Bonchev–Trinajstić information content (AvgIpc) is 3.55. The minimum atomic E-state index is -1.82. The minimum Gasteiger partial charge on any atom is -0.548 e. The molecule has 2 aromatic carbocycles. The quantitative estimate of drug-likeness (QED) is 0.0871. The molecule has 54 heavy (non-hydrogen) atoms. The van der Waals surface area contributed by atoms with E-state index in [-0.39, 0.29) is 111 Å². The van der Waals surface area contributed by atoms with Crippen molar-refractivity contribution in [3.63, 3.8) is 0 Å². The van der Waals surface area contributed by atoms with E-state index in [1.165, 1.54) is 48.5 Å². The van der Waals surface area contributed by atoms with E-state index in [4.69, 9.17) is 5.73 Å². The molecule has 9 N–H and O–H groups in total. The van der Waals surface area contributed by atoms with Crippen molar-refractivity contribution in [2.75, 3.05) is 0 Å². The molecular formula is C32H37N6Na3O11S2. The molecule has 0 radical (unpaired) electrons. The van der Waals surface area contributed by atoms with Crippen LogP contribution in [-0.4, -0.2) is 90.3 Å². The number of carbonyl (C=O) groups excluding carboxylic acids is 6. The molecule has 8 atom stereocenters.